The lowest BCUT2D eigenvalue weighted by Crippen LogP contribution is -2.33. The summed E-state index contributed by atoms with van der Waals surface area (Å²) in [5, 5.41) is 2.71. The first kappa shape index (κ1) is 17.1. The van der Waals surface area contributed by atoms with Crippen LogP contribution in [-0.4, -0.2) is 41.2 Å². The van der Waals surface area contributed by atoms with Crippen molar-refractivity contribution < 1.29 is 17.9 Å². The van der Waals surface area contributed by atoms with Crippen molar-refractivity contribution in [3.8, 4) is 11.5 Å². The molecule has 0 amide bonds. The van der Waals surface area contributed by atoms with E-state index in [9.17, 15) is 8.42 Å². The Hall–Kier alpha value is -0.980. The third kappa shape index (κ3) is 3.37. The van der Waals surface area contributed by atoms with Gasteiger partial charge in [-0.1, -0.05) is 11.6 Å². The van der Waals surface area contributed by atoms with E-state index in [-0.39, 0.29) is 0 Å². The fourth-order valence-electron chi connectivity index (χ4n) is 2.05. The lowest BCUT2D eigenvalue weighted by atomic mass is 10.0. The number of hydrogen-bond donors (Lipinski definition) is 1. The Morgan fingerprint density at radius 3 is 2.25 bits per heavy atom. The highest BCUT2D eigenvalue weighted by atomic mass is 35.5. The summed E-state index contributed by atoms with van der Waals surface area (Å²) in [4.78, 5) is 0. The van der Waals surface area contributed by atoms with E-state index in [1.54, 1.807) is 26.1 Å². The molecule has 0 radical (unpaired) electrons. The second-order valence-electron chi connectivity index (χ2n) is 4.51. The molecule has 7 heteroatoms. The number of hydrogen-bond acceptors (Lipinski definition) is 5. The predicted molar refractivity (Wildman–Crippen MR) is 80.7 cm³/mol. The first-order valence-electron chi connectivity index (χ1n) is 6.04. The van der Waals surface area contributed by atoms with E-state index < -0.39 is 21.1 Å². The summed E-state index contributed by atoms with van der Waals surface area (Å²) in [5.74, 6) is 0.898. The minimum absolute atomic E-state index is 0.327. The number of ether oxygens (including phenoxy) is 2. The molecule has 0 spiro atoms. The summed E-state index contributed by atoms with van der Waals surface area (Å²) in [7, 11) is 1.49. The second kappa shape index (κ2) is 6.65. The van der Waals surface area contributed by atoms with Crippen LogP contribution in [0, 0.1) is 0 Å². The van der Waals surface area contributed by atoms with Gasteiger partial charge in [0.15, 0.2) is 9.84 Å². The van der Waals surface area contributed by atoms with Gasteiger partial charge in [-0.2, -0.15) is 0 Å². The number of nitrogens with one attached hydrogen (secondary N) is 1. The molecule has 0 saturated carbocycles. The highest BCUT2D eigenvalue weighted by Gasteiger charge is 2.29. The minimum atomic E-state index is -3.21. The monoisotopic (exact) mass is 321 g/mol. The summed E-state index contributed by atoms with van der Waals surface area (Å²) in [5.41, 5.74) is 0.679. The molecule has 2 atom stereocenters. The topological polar surface area (TPSA) is 64.6 Å². The van der Waals surface area contributed by atoms with E-state index in [0.29, 0.717) is 22.1 Å². The number of halogens is 1. The van der Waals surface area contributed by atoms with E-state index >= 15 is 0 Å². The summed E-state index contributed by atoms with van der Waals surface area (Å²) in [6, 6.07) is 3.02. The fourth-order valence-corrected chi connectivity index (χ4v) is 3.16. The van der Waals surface area contributed by atoms with Crippen molar-refractivity contribution >= 4 is 21.4 Å². The Morgan fingerprint density at radius 1 is 1.25 bits per heavy atom. The largest absolute Gasteiger partial charge is 0.495 e. The molecular weight excluding hydrogens is 302 g/mol. The average Bonchev–Trinajstić information content (AvgIpc) is 2.38. The van der Waals surface area contributed by atoms with Crippen molar-refractivity contribution in [3.05, 3.63) is 22.7 Å². The Bertz CT molecular complexity index is 574. The van der Waals surface area contributed by atoms with Crippen LogP contribution in [0.15, 0.2) is 12.1 Å². The van der Waals surface area contributed by atoms with E-state index in [4.69, 9.17) is 21.1 Å². The third-order valence-corrected chi connectivity index (χ3v) is 5.29. The second-order valence-corrected chi connectivity index (χ2v) is 7.29. The SMILES string of the molecule is CNC(c1ccc(OC)c(Cl)c1OC)C(C)S(C)(=O)=O. The van der Waals surface area contributed by atoms with E-state index in [1.807, 2.05) is 0 Å². The van der Waals surface area contributed by atoms with Crippen LogP contribution in [0.2, 0.25) is 5.02 Å². The number of methoxy groups -OCH3 is 2. The van der Waals surface area contributed by atoms with Gasteiger partial charge in [-0.3, -0.25) is 0 Å². The van der Waals surface area contributed by atoms with Gasteiger partial charge in [0.05, 0.1) is 25.5 Å². The summed E-state index contributed by atoms with van der Waals surface area (Å²) in [6.07, 6.45) is 1.21. The van der Waals surface area contributed by atoms with Gasteiger partial charge in [-0.25, -0.2) is 8.42 Å². The van der Waals surface area contributed by atoms with Gasteiger partial charge in [0.1, 0.15) is 16.5 Å². The van der Waals surface area contributed by atoms with Crippen LogP contribution < -0.4 is 14.8 Å². The Morgan fingerprint density at radius 2 is 1.85 bits per heavy atom. The van der Waals surface area contributed by atoms with Crippen LogP contribution in [0.25, 0.3) is 0 Å². The first-order chi connectivity index (χ1) is 9.27. The summed E-state index contributed by atoms with van der Waals surface area (Å²) >= 11 is 6.21. The van der Waals surface area contributed by atoms with Crippen LogP contribution in [0.3, 0.4) is 0 Å². The lowest BCUT2D eigenvalue weighted by molar-refractivity contribution is 0.385. The molecule has 114 valence electrons. The number of sulfone groups is 1. The molecule has 0 saturated heterocycles. The van der Waals surface area contributed by atoms with E-state index in [0.717, 1.165) is 0 Å². The molecule has 0 aliphatic rings. The van der Waals surface area contributed by atoms with Crippen LogP contribution >= 0.6 is 11.6 Å². The van der Waals surface area contributed by atoms with Crippen LogP contribution in [-0.2, 0) is 9.84 Å². The Balaban J connectivity index is 3.40. The molecule has 2 unspecified atom stereocenters. The molecule has 0 aromatic heterocycles. The molecule has 0 fully saturated rings. The molecule has 1 rings (SSSR count). The highest BCUT2D eigenvalue weighted by Crippen LogP contribution is 2.40. The predicted octanol–water partition coefficient (Wildman–Crippen LogP) is 2.05. The molecule has 0 aliphatic heterocycles. The summed E-state index contributed by atoms with van der Waals surface area (Å²) < 4.78 is 34.0. The number of rotatable bonds is 6. The molecular formula is C13H20ClNO4S. The van der Waals surface area contributed by atoms with Crippen molar-refractivity contribution in [3.63, 3.8) is 0 Å². The maximum absolute atomic E-state index is 11.8. The van der Waals surface area contributed by atoms with Gasteiger partial charge in [-0.05, 0) is 26.1 Å². The molecule has 5 nitrogen and oxygen atoms in total. The zero-order valence-electron chi connectivity index (χ0n) is 12.2. The van der Waals surface area contributed by atoms with Gasteiger partial charge in [-0.15, -0.1) is 0 Å². The molecule has 1 N–H and O–H groups in total. The van der Waals surface area contributed by atoms with Crippen molar-refractivity contribution in [1.82, 2.24) is 5.32 Å². The van der Waals surface area contributed by atoms with E-state index in [2.05, 4.69) is 5.32 Å². The van der Waals surface area contributed by atoms with Gasteiger partial charge in [0.2, 0.25) is 0 Å². The zero-order chi connectivity index (χ0) is 15.5. The smallest absolute Gasteiger partial charge is 0.151 e. The maximum atomic E-state index is 11.8. The fraction of sp³-hybridized carbons (Fsp3) is 0.538. The Labute approximate surface area is 125 Å². The van der Waals surface area contributed by atoms with E-state index in [1.165, 1.54) is 20.5 Å². The molecule has 1 aromatic rings. The van der Waals surface area contributed by atoms with Gasteiger partial charge in [0, 0.05) is 11.8 Å². The molecule has 20 heavy (non-hydrogen) atoms. The summed E-state index contributed by atoms with van der Waals surface area (Å²) in [6.45, 7) is 1.65. The first-order valence-corrected chi connectivity index (χ1v) is 8.37. The van der Waals surface area contributed by atoms with Crippen molar-refractivity contribution in [2.24, 2.45) is 0 Å². The quantitative estimate of drug-likeness (QED) is 0.868. The molecule has 0 heterocycles. The highest BCUT2D eigenvalue weighted by molar-refractivity contribution is 7.91. The average molecular weight is 322 g/mol. The van der Waals surface area contributed by atoms with Gasteiger partial charge < -0.3 is 14.8 Å². The Kier molecular flexibility index (Phi) is 5.68. The van der Waals surface area contributed by atoms with Crippen molar-refractivity contribution in [2.45, 2.75) is 18.2 Å². The zero-order valence-corrected chi connectivity index (χ0v) is 13.8. The molecule has 1 aromatic carbocycles. The number of benzene rings is 1. The van der Waals surface area contributed by atoms with Crippen LogP contribution in [0.5, 0.6) is 11.5 Å². The van der Waals surface area contributed by atoms with Crippen LogP contribution in [0.4, 0.5) is 0 Å². The normalized spacial score (nSPS) is 14.7. The molecule has 0 bridgehead atoms. The maximum Gasteiger partial charge on any atom is 0.151 e. The minimum Gasteiger partial charge on any atom is -0.495 e. The standard InChI is InChI=1S/C13H20ClNO4S/c1-8(20(5,16)17)12(15-2)9-6-7-10(18-3)11(14)13(9)19-4/h6-8,12,15H,1-5H3. The van der Waals surface area contributed by atoms with Gasteiger partial charge >= 0.3 is 0 Å². The van der Waals surface area contributed by atoms with Gasteiger partial charge in [0.25, 0.3) is 0 Å². The van der Waals surface area contributed by atoms with Crippen molar-refractivity contribution in [2.75, 3.05) is 27.5 Å². The lowest BCUT2D eigenvalue weighted by Gasteiger charge is -2.25. The third-order valence-electron chi connectivity index (χ3n) is 3.31. The van der Waals surface area contributed by atoms with Crippen molar-refractivity contribution in [1.29, 1.82) is 0 Å². The van der Waals surface area contributed by atoms with Crippen LogP contribution in [0.1, 0.15) is 18.5 Å². The molecule has 0 aliphatic carbocycles.